The normalized spacial score (nSPS) is 19.2. The van der Waals surface area contributed by atoms with Gasteiger partial charge in [0, 0.05) is 18.6 Å². The van der Waals surface area contributed by atoms with Crippen LogP contribution in [0.4, 0.5) is 0 Å². The minimum Gasteiger partial charge on any atom is -0.361 e. The Hall–Kier alpha value is -0.350. The molecular weight excluding hydrogens is 206 g/mol. The van der Waals surface area contributed by atoms with E-state index in [-0.39, 0.29) is 0 Å². The largest absolute Gasteiger partial charge is 0.361 e. The van der Waals surface area contributed by atoms with E-state index in [1.165, 1.54) is 25.9 Å². The molecule has 1 fully saturated rings. The highest BCUT2D eigenvalue weighted by molar-refractivity contribution is 7.80. The molecule has 1 unspecified atom stereocenters. The summed E-state index contributed by atoms with van der Waals surface area (Å²) in [5.74, 6) is 0. The molecule has 0 aromatic rings. The van der Waals surface area contributed by atoms with E-state index in [0.29, 0.717) is 12.1 Å². The molecule has 1 aliphatic rings. The second-order valence-electron chi connectivity index (χ2n) is 4.68. The minimum atomic E-state index is 0.406. The number of rotatable bonds is 4. The summed E-state index contributed by atoms with van der Waals surface area (Å²) in [4.78, 5) is 2.50. The molecule has 15 heavy (non-hydrogen) atoms. The third-order valence-electron chi connectivity index (χ3n) is 2.53. The summed E-state index contributed by atoms with van der Waals surface area (Å²) in [6, 6.07) is 0.839. The Kier molecular flexibility index (Phi) is 5.32. The van der Waals surface area contributed by atoms with Gasteiger partial charge in [-0.15, -0.1) is 0 Å². The fourth-order valence-electron chi connectivity index (χ4n) is 1.93. The van der Waals surface area contributed by atoms with Gasteiger partial charge in [-0.25, -0.2) is 0 Å². The van der Waals surface area contributed by atoms with Gasteiger partial charge >= 0.3 is 0 Å². The minimum absolute atomic E-state index is 0.406. The maximum atomic E-state index is 5.21. The number of thiocarbonyl (C=S) groups is 1. The van der Waals surface area contributed by atoms with Crippen LogP contribution in [-0.4, -0.2) is 41.7 Å². The lowest BCUT2D eigenvalue weighted by Gasteiger charge is -2.23. The molecule has 1 rings (SSSR count). The highest BCUT2D eigenvalue weighted by atomic mass is 32.1. The molecule has 2 N–H and O–H groups in total. The predicted molar refractivity (Wildman–Crippen MR) is 69.1 cm³/mol. The maximum absolute atomic E-state index is 5.21. The molecule has 0 aliphatic carbocycles. The first-order valence-electron chi connectivity index (χ1n) is 5.87. The van der Waals surface area contributed by atoms with Crippen LogP contribution in [0.5, 0.6) is 0 Å². The number of nitrogens with one attached hydrogen (secondary N) is 2. The molecule has 1 saturated heterocycles. The van der Waals surface area contributed by atoms with Crippen LogP contribution in [0.25, 0.3) is 0 Å². The third kappa shape index (κ3) is 5.33. The second kappa shape index (κ2) is 6.28. The summed E-state index contributed by atoms with van der Waals surface area (Å²) in [5.41, 5.74) is 0. The van der Waals surface area contributed by atoms with Gasteiger partial charge in [0.05, 0.1) is 0 Å². The molecule has 0 spiro atoms. The van der Waals surface area contributed by atoms with Gasteiger partial charge in [0.25, 0.3) is 0 Å². The average Bonchev–Trinajstić information content (AvgIpc) is 2.53. The molecule has 1 atom stereocenters. The summed E-state index contributed by atoms with van der Waals surface area (Å²) in [7, 11) is 0. The molecule has 0 radical (unpaired) electrons. The van der Waals surface area contributed by atoms with Crippen molar-refractivity contribution in [1.29, 1.82) is 0 Å². The molecule has 0 saturated carbocycles. The fraction of sp³-hybridized carbons (Fsp3) is 0.909. The molecule has 88 valence electrons. The molecular formula is C11H23N3S. The van der Waals surface area contributed by atoms with E-state index in [2.05, 4.69) is 36.3 Å². The molecule has 0 amide bonds. The van der Waals surface area contributed by atoms with E-state index in [9.17, 15) is 0 Å². The number of hydrogen-bond acceptors (Lipinski definition) is 2. The predicted octanol–water partition coefficient (Wildman–Crippen LogP) is 1.34. The summed E-state index contributed by atoms with van der Waals surface area (Å²) in [6.07, 6.45) is 2.70. The Morgan fingerprint density at radius 2 is 1.80 bits per heavy atom. The van der Waals surface area contributed by atoms with Crippen molar-refractivity contribution in [3.63, 3.8) is 0 Å². The summed E-state index contributed by atoms with van der Waals surface area (Å²) >= 11 is 5.21. The second-order valence-corrected chi connectivity index (χ2v) is 5.09. The quantitative estimate of drug-likeness (QED) is 0.712. The van der Waals surface area contributed by atoms with Crippen LogP contribution in [0, 0.1) is 0 Å². The Bertz CT molecular complexity index is 200. The van der Waals surface area contributed by atoms with Crippen LogP contribution in [0.15, 0.2) is 0 Å². The number of nitrogens with zero attached hydrogens (tertiary/aromatic N) is 1. The van der Waals surface area contributed by atoms with E-state index in [1.54, 1.807) is 0 Å². The van der Waals surface area contributed by atoms with Crippen LogP contribution in [0.3, 0.4) is 0 Å². The molecule has 4 heteroatoms. The lowest BCUT2D eigenvalue weighted by molar-refractivity contribution is 0.311. The van der Waals surface area contributed by atoms with Crippen molar-refractivity contribution in [2.45, 2.75) is 45.7 Å². The van der Waals surface area contributed by atoms with E-state index in [1.807, 2.05) is 0 Å². The zero-order chi connectivity index (χ0) is 11.3. The van der Waals surface area contributed by atoms with Crippen LogP contribution in [0.1, 0.15) is 33.6 Å². The van der Waals surface area contributed by atoms with Gasteiger partial charge in [-0.1, -0.05) is 0 Å². The van der Waals surface area contributed by atoms with Gasteiger partial charge in [0.2, 0.25) is 0 Å². The number of likely N-dealkylation sites (tertiary alicyclic amines) is 1. The monoisotopic (exact) mass is 229 g/mol. The van der Waals surface area contributed by atoms with Gasteiger partial charge in [-0.05, 0) is 58.9 Å². The highest BCUT2D eigenvalue weighted by Gasteiger charge is 2.14. The van der Waals surface area contributed by atoms with Crippen LogP contribution in [0.2, 0.25) is 0 Å². The first-order chi connectivity index (χ1) is 7.08. The molecule has 0 aromatic heterocycles. The lowest BCUT2D eigenvalue weighted by atomic mass is 10.3. The van der Waals surface area contributed by atoms with Gasteiger partial charge in [-0.3, -0.25) is 0 Å². The maximum Gasteiger partial charge on any atom is 0.166 e. The first-order valence-corrected chi connectivity index (χ1v) is 6.28. The van der Waals surface area contributed by atoms with Crippen molar-refractivity contribution in [3.05, 3.63) is 0 Å². The summed E-state index contributed by atoms with van der Waals surface area (Å²) in [6.45, 7) is 9.97. The zero-order valence-electron chi connectivity index (χ0n) is 10.0. The number of hydrogen-bond donors (Lipinski definition) is 2. The van der Waals surface area contributed by atoms with E-state index < -0.39 is 0 Å². The van der Waals surface area contributed by atoms with Crippen molar-refractivity contribution in [3.8, 4) is 0 Å². The van der Waals surface area contributed by atoms with Gasteiger partial charge < -0.3 is 15.5 Å². The van der Waals surface area contributed by atoms with Crippen molar-refractivity contribution in [1.82, 2.24) is 15.5 Å². The van der Waals surface area contributed by atoms with Crippen molar-refractivity contribution >= 4 is 17.3 Å². The summed E-state index contributed by atoms with van der Waals surface area (Å²) in [5, 5.41) is 7.29. The van der Waals surface area contributed by atoms with E-state index >= 15 is 0 Å². The molecule has 1 aliphatic heterocycles. The van der Waals surface area contributed by atoms with Crippen molar-refractivity contribution in [2.75, 3.05) is 19.6 Å². The molecule has 0 bridgehead atoms. The van der Waals surface area contributed by atoms with Gasteiger partial charge in [0.15, 0.2) is 5.11 Å². The van der Waals surface area contributed by atoms with Gasteiger partial charge in [-0.2, -0.15) is 0 Å². The lowest BCUT2D eigenvalue weighted by Crippen LogP contribution is -2.47. The van der Waals surface area contributed by atoms with Crippen LogP contribution in [-0.2, 0) is 0 Å². The first kappa shape index (κ1) is 12.7. The van der Waals surface area contributed by atoms with E-state index in [4.69, 9.17) is 12.2 Å². The molecule has 3 nitrogen and oxygen atoms in total. The average molecular weight is 229 g/mol. The van der Waals surface area contributed by atoms with Crippen molar-refractivity contribution in [2.24, 2.45) is 0 Å². The smallest absolute Gasteiger partial charge is 0.166 e. The molecule has 1 heterocycles. The Balaban J connectivity index is 2.16. The Morgan fingerprint density at radius 3 is 2.33 bits per heavy atom. The van der Waals surface area contributed by atoms with E-state index in [0.717, 1.165) is 11.7 Å². The summed E-state index contributed by atoms with van der Waals surface area (Å²) < 4.78 is 0. The Labute approximate surface area is 98.6 Å². The van der Waals surface area contributed by atoms with Crippen LogP contribution < -0.4 is 10.6 Å². The SMILES string of the molecule is CC(C)NC(=S)NC(C)CN1CCCC1. The fourth-order valence-corrected chi connectivity index (χ4v) is 2.36. The standard InChI is InChI=1S/C11H23N3S/c1-9(2)12-11(15)13-10(3)8-14-6-4-5-7-14/h9-10H,4-8H2,1-3H3,(H2,12,13,15). The highest BCUT2D eigenvalue weighted by Crippen LogP contribution is 2.07. The van der Waals surface area contributed by atoms with Crippen LogP contribution >= 0.6 is 12.2 Å². The third-order valence-corrected chi connectivity index (χ3v) is 2.76. The zero-order valence-corrected chi connectivity index (χ0v) is 10.9. The van der Waals surface area contributed by atoms with Crippen molar-refractivity contribution < 1.29 is 0 Å². The molecule has 0 aromatic carbocycles. The topological polar surface area (TPSA) is 27.3 Å². The Morgan fingerprint density at radius 1 is 1.20 bits per heavy atom. The van der Waals surface area contributed by atoms with Gasteiger partial charge in [0.1, 0.15) is 0 Å².